The zero-order valence-electron chi connectivity index (χ0n) is 15.8. The summed E-state index contributed by atoms with van der Waals surface area (Å²) in [5.41, 5.74) is 2.17. The third-order valence-electron chi connectivity index (χ3n) is 4.33. The van der Waals surface area contributed by atoms with Crippen LogP contribution in [0.25, 0.3) is 0 Å². The van der Waals surface area contributed by atoms with Gasteiger partial charge in [-0.15, -0.1) is 6.58 Å². The lowest BCUT2D eigenvalue weighted by Crippen LogP contribution is -2.40. The van der Waals surface area contributed by atoms with E-state index >= 15 is 0 Å². The Hall–Kier alpha value is -1.01. The molecule has 2 unspecified atom stereocenters. The Kier molecular flexibility index (Phi) is 11.8. The molecule has 0 aliphatic carbocycles. The van der Waals surface area contributed by atoms with Crippen LogP contribution in [0, 0.1) is 0 Å². The number of carbonyl (C=O) groups excluding carboxylic acids is 2. The minimum atomic E-state index is -0.134. The molecule has 0 fully saturated rings. The average molecular weight is 358 g/mol. The molecule has 2 atom stereocenters. The Bertz CT molecular complexity index is 404. The molecule has 140 valence electrons. The molecule has 2 amide bonds. The fourth-order valence-electron chi connectivity index (χ4n) is 2.70. The van der Waals surface area contributed by atoms with Gasteiger partial charge in [0.15, 0.2) is 0 Å². The molecule has 0 aliphatic rings. The first-order chi connectivity index (χ1) is 11.3. The molecule has 0 saturated carbocycles. The summed E-state index contributed by atoms with van der Waals surface area (Å²) in [6, 6.07) is 0.170. The van der Waals surface area contributed by atoms with Gasteiger partial charge in [0.25, 0.3) is 0 Å². The maximum atomic E-state index is 12.0. The van der Waals surface area contributed by atoms with Crippen molar-refractivity contribution in [1.82, 2.24) is 10.3 Å². The predicted molar refractivity (Wildman–Crippen MR) is 104 cm³/mol. The summed E-state index contributed by atoms with van der Waals surface area (Å²) >= 11 is 1.81. The summed E-state index contributed by atoms with van der Waals surface area (Å²) in [5, 5.41) is 0. The molecule has 0 aromatic carbocycles. The zero-order valence-corrected chi connectivity index (χ0v) is 16.6. The molecule has 3 N–H and O–H groups in total. The van der Waals surface area contributed by atoms with E-state index in [2.05, 4.69) is 32.8 Å². The number of hydrazine groups is 1. The fraction of sp³-hybridized carbons (Fsp3) is 0.778. The molecule has 0 saturated heterocycles. The van der Waals surface area contributed by atoms with Crippen LogP contribution >= 0.6 is 11.8 Å². The molecule has 6 heteroatoms. The average Bonchev–Trinajstić information content (AvgIpc) is 2.53. The standard InChI is InChI=1S/C18H35N3O2S/c1-6-8-11-18(5,24-14-10-17(23)20-19)12-13-21(16(4)22)15(3)9-7-2/h7,15H,2,6,8-14,19H2,1,3-5H3,(H,20,23). The summed E-state index contributed by atoms with van der Waals surface area (Å²) in [5.74, 6) is 5.85. The largest absolute Gasteiger partial charge is 0.340 e. The van der Waals surface area contributed by atoms with Crippen LogP contribution in [-0.4, -0.2) is 39.8 Å². The minimum Gasteiger partial charge on any atom is -0.340 e. The second-order valence-corrected chi connectivity index (χ2v) is 8.24. The van der Waals surface area contributed by atoms with Gasteiger partial charge in [0, 0.05) is 36.4 Å². The van der Waals surface area contributed by atoms with Gasteiger partial charge in [0.1, 0.15) is 0 Å². The molecule has 0 bridgehead atoms. The van der Waals surface area contributed by atoms with Crippen molar-refractivity contribution in [3.8, 4) is 0 Å². The number of carbonyl (C=O) groups is 2. The van der Waals surface area contributed by atoms with Gasteiger partial charge in [-0.2, -0.15) is 11.8 Å². The molecule has 0 rings (SSSR count). The molecular weight excluding hydrogens is 322 g/mol. The van der Waals surface area contributed by atoms with Crippen molar-refractivity contribution in [3.05, 3.63) is 12.7 Å². The molecule has 5 nitrogen and oxygen atoms in total. The van der Waals surface area contributed by atoms with E-state index in [1.807, 2.05) is 22.7 Å². The molecule has 0 aliphatic heterocycles. The Morgan fingerprint density at radius 1 is 1.42 bits per heavy atom. The third kappa shape index (κ3) is 9.33. The lowest BCUT2D eigenvalue weighted by atomic mass is 9.98. The molecule has 0 heterocycles. The first kappa shape index (κ1) is 23.0. The highest BCUT2D eigenvalue weighted by molar-refractivity contribution is 8.00. The Balaban J connectivity index is 4.74. The molecule has 0 aromatic heterocycles. The van der Waals surface area contributed by atoms with Gasteiger partial charge in [0.05, 0.1) is 0 Å². The van der Waals surface area contributed by atoms with Gasteiger partial charge in [-0.3, -0.25) is 15.0 Å². The van der Waals surface area contributed by atoms with E-state index in [-0.39, 0.29) is 22.6 Å². The molecular formula is C18H35N3O2S. The predicted octanol–water partition coefficient (Wildman–Crippen LogP) is 3.25. The van der Waals surface area contributed by atoms with Crippen LogP contribution in [0.1, 0.15) is 66.2 Å². The Morgan fingerprint density at radius 2 is 2.08 bits per heavy atom. The van der Waals surface area contributed by atoms with Crippen molar-refractivity contribution in [1.29, 1.82) is 0 Å². The molecule has 24 heavy (non-hydrogen) atoms. The smallest absolute Gasteiger partial charge is 0.234 e. The van der Waals surface area contributed by atoms with Gasteiger partial charge in [-0.25, -0.2) is 5.84 Å². The number of hydrogen-bond acceptors (Lipinski definition) is 4. The van der Waals surface area contributed by atoms with E-state index in [4.69, 9.17) is 5.84 Å². The summed E-state index contributed by atoms with van der Waals surface area (Å²) in [6.45, 7) is 12.6. The normalized spacial score (nSPS) is 14.5. The van der Waals surface area contributed by atoms with Crippen LogP contribution in [0.3, 0.4) is 0 Å². The summed E-state index contributed by atoms with van der Waals surface area (Å²) in [7, 11) is 0. The second-order valence-electron chi connectivity index (χ2n) is 6.56. The quantitative estimate of drug-likeness (QED) is 0.230. The van der Waals surface area contributed by atoms with Crippen molar-refractivity contribution >= 4 is 23.6 Å². The lowest BCUT2D eigenvalue weighted by molar-refractivity contribution is -0.130. The zero-order chi connectivity index (χ0) is 18.6. The number of nitrogens with two attached hydrogens (primary N) is 1. The Labute approximate surface area is 151 Å². The summed E-state index contributed by atoms with van der Waals surface area (Å²) in [6.07, 6.45) is 7.37. The highest BCUT2D eigenvalue weighted by Crippen LogP contribution is 2.35. The first-order valence-electron chi connectivity index (χ1n) is 8.81. The Morgan fingerprint density at radius 3 is 2.58 bits per heavy atom. The van der Waals surface area contributed by atoms with Gasteiger partial charge in [-0.05, 0) is 26.2 Å². The SMILES string of the molecule is C=CCC(C)N(CCC(C)(CCCC)SCCC(=O)NN)C(C)=O. The fourth-order valence-corrected chi connectivity index (χ4v) is 4.00. The number of rotatable bonds is 13. The number of unbranched alkanes of at least 4 members (excludes halogenated alkanes) is 1. The van der Waals surface area contributed by atoms with E-state index in [0.29, 0.717) is 6.42 Å². The number of nitrogens with zero attached hydrogens (tertiary/aromatic N) is 1. The van der Waals surface area contributed by atoms with E-state index in [0.717, 1.165) is 44.4 Å². The van der Waals surface area contributed by atoms with Crippen LogP contribution in [0.2, 0.25) is 0 Å². The maximum Gasteiger partial charge on any atom is 0.234 e. The van der Waals surface area contributed by atoms with E-state index < -0.39 is 0 Å². The number of amides is 2. The number of nitrogens with one attached hydrogen (secondary N) is 1. The van der Waals surface area contributed by atoms with E-state index in [9.17, 15) is 9.59 Å². The van der Waals surface area contributed by atoms with Crippen molar-refractivity contribution < 1.29 is 9.59 Å². The monoisotopic (exact) mass is 357 g/mol. The van der Waals surface area contributed by atoms with E-state index in [1.54, 1.807) is 6.92 Å². The van der Waals surface area contributed by atoms with Crippen LogP contribution in [0.5, 0.6) is 0 Å². The van der Waals surface area contributed by atoms with Crippen molar-refractivity contribution in [3.63, 3.8) is 0 Å². The highest BCUT2D eigenvalue weighted by atomic mass is 32.2. The number of thioether (sulfide) groups is 1. The van der Waals surface area contributed by atoms with Crippen molar-refractivity contribution in [2.45, 2.75) is 77.0 Å². The topological polar surface area (TPSA) is 75.4 Å². The van der Waals surface area contributed by atoms with Gasteiger partial charge >= 0.3 is 0 Å². The minimum absolute atomic E-state index is 0.0620. The summed E-state index contributed by atoms with van der Waals surface area (Å²) < 4.78 is 0.0620. The molecule has 0 aromatic rings. The third-order valence-corrected chi connectivity index (χ3v) is 5.84. The molecule has 0 radical (unpaired) electrons. The van der Waals surface area contributed by atoms with Crippen LogP contribution < -0.4 is 11.3 Å². The number of hydrogen-bond donors (Lipinski definition) is 2. The van der Waals surface area contributed by atoms with Crippen molar-refractivity contribution in [2.24, 2.45) is 5.84 Å². The van der Waals surface area contributed by atoms with Crippen molar-refractivity contribution in [2.75, 3.05) is 12.3 Å². The maximum absolute atomic E-state index is 12.0. The first-order valence-corrected chi connectivity index (χ1v) is 9.79. The lowest BCUT2D eigenvalue weighted by Gasteiger charge is -2.34. The molecule has 0 spiro atoms. The second kappa shape index (κ2) is 12.4. The van der Waals surface area contributed by atoms with Crippen LogP contribution in [-0.2, 0) is 9.59 Å². The summed E-state index contributed by atoms with van der Waals surface area (Å²) in [4.78, 5) is 25.2. The van der Waals surface area contributed by atoms with Crippen LogP contribution in [0.4, 0.5) is 0 Å². The van der Waals surface area contributed by atoms with E-state index in [1.165, 1.54) is 0 Å². The van der Waals surface area contributed by atoms with Crippen LogP contribution in [0.15, 0.2) is 12.7 Å². The van der Waals surface area contributed by atoms with Gasteiger partial charge < -0.3 is 4.90 Å². The van der Waals surface area contributed by atoms with Gasteiger partial charge in [-0.1, -0.05) is 32.8 Å². The highest BCUT2D eigenvalue weighted by Gasteiger charge is 2.27. The van der Waals surface area contributed by atoms with Gasteiger partial charge in [0.2, 0.25) is 11.8 Å².